The third-order valence-electron chi connectivity index (χ3n) is 6.20. The molecule has 4 rings (SSSR count). The van der Waals surface area contributed by atoms with Crippen molar-refractivity contribution in [3.05, 3.63) is 0 Å². The van der Waals surface area contributed by atoms with Crippen LogP contribution in [-0.2, 0) is 19.1 Å². The van der Waals surface area contributed by atoms with Crippen molar-refractivity contribution >= 4 is 23.8 Å². The van der Waals surface area contributed by atoms with Crippen LogP contribution in [0.15, 0.2) is 0 Å². The zero-order valence-corrected chi connectivity index (χ0v) is 16.7. The lowest BCUT2D eigenvalue weighted by Gasteiger charge is -2.55. The van der Waals surface area contributed by atoms with Crippen molar-refractivity contribution in [2.45, 2.75) is 52.4 Å². The first-order valence-corrected chi connectivity index (χ1v) is 10.3. The van der Waals surface area contributed by atoms with Crippen LogP contribution in [-0.4, -0.2) is 43.5 Å². The van der Waals surface area contributed by atoms with Crippen LogP contribution in [0.3, 0.4) is 0 Å². The van der Waals surface area contributed by atoms with E-state index in [9.17, 15) is 19.2 Å². The first kappa shape index (κ1) is 20.6. The fourth-order valence-electron chi connectivity index (χ4n) is 5.43. The highest BCUT2D eigenvalue weighted by molar-refractivity contribution is 5.95. The molecule has 0 aromatic heterocycles. The molecule has 4 aliphatic carbocycles. The average Bonchev–Trinajstić information content (AvgIpc) is 2.61. The summed E-state index contributed by atoms with van der Waals surface area (Å²) >= 11 is 0. The molecule has 0 unspecified atom stereocenters. The van der Waals surface area contributed by atoms with Gasteiger partial charge < -0.3 is 15.4 Å². The summed E-state index contributed by atoms with van der Waals surface area (Å²) in [6, 6.07) is -0.620. The Labute approximate surface area is 165 Å². The Balaban J connectivity index is 1.36. The molecule has 0 aliphatic heterocycles. The largest absolute Gasteiger partial charge is 0.454 e. The molecule has 0 heterocycles. The van der Waals surface area contributed by atoms with Gasteiger partial charge in [-0.25, -0.2) is 4.79 Å². The molecule has 0 aromatic rings. The van der Waals surface area contributed by atoms with E-state index >= 15 is 0 Å². The summed E-state index contributed by atoms with van der Waals surface area (Å²) in [4.78, 5) is 47.7. The topological polar surface area (TPSA) is 114 Å². The van der Waals surface area contributed by atoms with Crippen LogP contribution < -0.4 is 16.0 Å². The third-order valence-corrected chi connectivity index (χ3v) is 6.20. The Morgan fingerprint density at radius 2 is 1.54 bits per heavy atom. The van der Waals surface area contributed by atoms with Gasteiger partial charge in [0.2, 0.25) is 5.91 Å². The van der Waals surface area contributed by atoms with Gasteiger partial charge in [0, 0.05) is 12.0 Å². The van der Waals surface area contributed by atoms with Gasteiger partial charge in [-0.05, 0) is 62.2 Å². The summed E-state index contributed by atoms with van der Waals surface area (Å²) in [6.45, 7) is 3.49. The minimum Gasteiger partial charge on any atom is -0.454 e. The van der Waals surface area contributed by atoms with E-state index in [4.69, 9.17) is 4.74 Å². The minimum absolute atomic E-state index is 0.0546. The molecule has 0 aromatic carbocycles. The van der Waals surface area contributed by atoms with E-state index in [1.54, 1.807) is 0 Å². The molecule has 3 N–H and O–H groups in total. The van der Waals surface area contributed by atoms with E-state index in [0.717, 1.165) is 19.3 Å². The fraction of sp³-hybridized carbons (Fsp3) is 0.800. The molecule has 4 amide bonds. The molecule has 8 heteroatoms. The second-order valence-corrected chi connectivity index (χ2v) is 9.19. The number of nitrogens with one attached hydrogen (secondary N) is 3. The summed E-state index contributed by atoms with van der Waals surface area (Å²) in [5.74, 6) is 0.758. The Bertz CT molecular complexity index is 610. The molecule has 4 saturated carbocycles. The van der Waals surface area contributed by atoms with Gasteiger partial charge in [0.05, 0.1) is 0 Å². The second kappa shape index (κ2) is 8.49. The van der Waals surface area contributed by atoms with E-state index in [2.05, 4.69) is 16.0 Å². The molecule has 4 fully saturated rings. The number of rotatable bonds is 7. The van der Waals surface area contributed by atoms with Crippen molar-refractivity contribution in [1.82, 2.24) is 16.0 Å². The molecule has 0 radical (unpaired) electrons. The molecular formula is C20H31N3O5. The number of amides is 4. The Morgan fingerprint density at radius 1 is 0.964 bits per heavy atom. The van der Waals surface area contributed by atoms with E-state index in [-0.39, 0.29) is 23.8 Å². The van der Waals surface area contributed by atoms with Crippen molar-refractivity contribution in [2.24, 2.45) is 29.1 Å². The summed E-state index contributed by atoms with van der Waals surface area (Å²) in [6.07, 6.45) is 6.51. The van der Waals surface area contributed by atoms with E-state index < -0.39 is 24.5 Å². The predicted octanol–water partition coefficient (Wildman–Crippen LogP) is 1.34. The molecule has 4 bridgehead atoms. The average molecular weight is 393 g/mol. The van der Waals surface area contributed by atoms with Crippen LogP contribution in [0, 0.1) is 29.1 Å². The normalized spacial score (nSPS) is 30.0. The number of carbonyl (C=O) groups excluding carboxylic acids is 4. The van der Waals surface area contributed by atoms with Gasteiger partial charge in [0.15, 0.2) is 6.61 Å². The smallest absolute Gasteiger partial charge is 0.325 e. The lowest BCUT2D eigenvalue weighted by molar-refractivity contribution is -0.152. The lowest BCUT2D eigenvalue weighted by atomic mass is 9.49. The van der Waals surface area contributed by atoms with E-state index in [1.807, 2.05) is 13.8 Å². The maximum atomic E-state index is 12.8. The van der Waals surface area contributed by atoms with Gasteiger partial charge in [0.1, 0.15) is 6.54 Å². The van der Waals surface area contributed by atoms with Gasteiger partial charge in [-0.3, -0.25) is 19.7 Å². The number of hydrogen-bond donors (Lipinski definition) is 3. The van der Waals surface area contributed by atoms with Gasteiger partial charge in [-0.15, -0.1) is 0 Å². The van der Waals surface area contributed by atoms with Crippen LogP contribution in [0.4, 0.5) is 4.79 Å². The highest BCUT2D eigenvalue weighted by Crippen LogP contribution is 2.60. The minimum atomic E-state index is -0.706. The highest BCUT2D eigenvalue weighted by Gasteiger charge is 2.54. The van der Waals surface area contributed by atoms with Gasteiger partial charge in [0.25, 0.3) is 5.91 Å². The molecule has 0 saturated heterocycles. The van der Waals surface area contributed by atoms with Crippen LogP contribution in [0.1, 0.15) is 52.4 Å². The van der Waals surface area contributed by atoms with Crippen molar-refractivity contribution in [1.29, 1.82) is 0 Å². The van der Waals surface area contributed by atoms with E-state index in [1.165, 1.54) is 19.3 Å². The van der Waals surface area contributed by atoms with Gasteiger partial charge >= 0.3 is 12.0 Å². The highest BCUT2D eigenvalue weighted by atomic mass is 16.5. The molecular weight excluding hydrogens is 362 g/mol. The third kappa shape index (κ3) is 5.02. The second-order valence-electron chi connectivity index (χ2n) is 9.19. The fourth-order valence-corrected chi connectivity index (χ4v) is 5.43. The molecule has 156 valence electrons. The van der Waals surface area contributed by atoms with Crippen molar-refractivity contribution in [2.75, 3.05) is 19.7 Å². The van der Waals surface area contributed by atoms with Gasteiger partial charge in [-0.1, -0.05) is 13.8 Å². The number of carbonyl (C=O) groups is 4. The SMILES string of the molecule is CC(C)CNC(=O)NC(=O)COC(=O)CNC(=O)C12CC3CC(CC(C3)C1)C2. The first-order chi connectivity index (χ1) is 13.3. The standard InChI is InChI=1S/C20H31N3O5/c1-12(2)9-22-19(27)23-16(24)11-28-17(25)10-21-18(26)20-6-13-3-14(7-20)5-15(4-13)8-20/h12-15H,3-11H2,1-2H3,(H,21,26)(H2,22,23,24,27). The Hall–Kier alpha value is -2.12. The van der Waals surface area contributed by atoms with Crippen molar-refractivity contribution in [3.8, 4) is 0 Å². The van der Waals surface area contributed by atoms with E-state index in [0.29, 0.717) is 24.3 Å². The quantitative estimate of drug-likeness (QED) is 0.565. The van der Waals surface area contributed by atoms with Crippen molar-refractivity contribution in [3.63, 3.8) is 0 Å². The lowest BCUT2D eigenvalue weighted by Crippen LogP contribution is -2.54. The van der Waals surface area contributed by atoms with Crippen LogP contribution in [0.25, 0.3) is 0 Å². The van der Waals surface area contributed by atoms with Gasteiger partial charge in [-0.2, -0.15) is 0 Å². The molecule has 8 nitrogen and oxygen atoms in total. The Kier molecular flexibility index (Phi) is 6.25. The Morgan fingerprint density at radius 3 is 2.07 bits per heavy atom. The summed E-state index contributed by atoms with van der Waals surface area (Å²) < 4.78 is 4.85. The predicted molar refractivity (Wildman–Crippen MR) is 101 cm³/mol. The number of urea groups is 1. The number of ether oxygens (including phenoxy) is 1. The zero-order chi connectivity index (χ0) is 20.3. The molecule has 28 heavy (non-hydrogen) atoms. The van der Waals surface area contributed by atoms with Crippen LogP contribution in [0.2, 0.25) is 0 Å². The van der Waals surface area contributed by atoms with Crippen LogP contribution in [0.5, 0.6) is 0 Å². The maximum Gasteiger partial charge on any atom is 0.325 e. The summed E-state index contributed by atoms with van der Waals surface area (Å²) in [5.41, 5.74) is -0.319. The monoisotopic (exact) mass is 393 g/mol. The maximum absolute atomic E-state index is 12.8. The molecule has 0 atom stereocenters. The van der Waals surface area contributed by atoms with Crippen LogP contribution >= 0.6 is 0 Å². The van der Waals surface area contributed by atoms with Crippen molar-refractivity contribution < 1.29 is 23.9 Å². The molecule has 0 spiro atoms. The molecule has 4 aliphatic rings. The summed E-state index contributed by atoms with van der Waals surface area (Å²) in [5, 5.41) is 7.34. The number of hydrogen-bond acceptors (Lipinski definition) is 5. The number of esters is 1. The summed E-state index contributed by atoms with van der Waals surface area (Å²) in [7, 11) is 0. The first-order valence-electron chi connectivity index (χ1n) is 10.3. The number of imide groups is 1. The zero-order valence-electron chi connectivity index (χ0n) is 16.7.